The van der Waals surface area contributed by atoms with E-state index in [1.165, 1.54) is 0 Å². The summed E-state index contributed by atoms with van der Waals surface area (Å²) in [4.78, 5) is 13.4. The molecule has 3 aromatic heterocycles. The number of anilines is 2. The van der Waals surface area contributed by atoms with Crippen molar-refractivity contribution in [1.82, 2.24) is 29.3 Å². The first kappa shape index (κ1) is 23.2. The maximum atomic E-state index is 6.30. The van der Waals surface area contributed by atoms with Gasteiger partial charge in [0.1, 0.15) is 18.0 Å². The highest BCUT2D eigenvalue weighted by Gasteiger charge is 2.24. The molecule has 1 atom stereocenters. The predicted molar refractivity (Wildman–Crippen MR) is 130 cm³/mol. The molecule has 0 amide bonds. The molecule has 4 heterocycles. The monoisotopic (exact) mass is 499 g/mol. The third-order valence-corrected chi connectivity index (χ3v) is 6.07. The highest BCUT2D eigenvalue weighted by atomic mass is 35.5. The summed E-state index contributed by atoms with van der Waals surface area (Å²) in [6.07, 6.45) is 6.33. The van der Waals surface area contributed by atoms with Gasteiger partial charge in [-0.1, -0.05) is 0 Å². The maximum absolute atomic E-state index is 6.30. The van der Waals surface area contributed by atoms with E-state index in [2.05, 4.69) is 25.4 Å². The zero-order chi connectivity index (χ0) is 24.5. The number of aryl methyl sites for hydroxylation is 1. The fourth-order valence-corrected chi connectivity index (χ4v) is 4.42. The number of hydrogen-bond donors (Lipinski definition) is 1. The second-order valence-corrected chi connectivity index (χ2v) is 8.40. The summed E-state index contributed by atoms with van der Waals surface area (Å²) in [6.45, 7) is 2.62. The summed E-state index contributed by atoms with van der Waals surface area (Å²) in [7, 11) is 4.72. The molecule has 5 rings (SSSR count). The number of nitrogens with one attached hydrogen (secondary N) is 1. The van der Waals surface area contributed by atoms with Gasteiger partial charge in [-0.2, -0.15) is 15.1 Å². The van der Waals surface area contributed by atoms with Crippen LogP contribution in [-0.2, 0) is 4.74 Å². The Morgan fingerprint density at radius 1 is 1.09 bits per heavy atom. The Hall–Kier alpha value is -3.57. The van der Waals surface area contributed by atoms with Crippen molar-refractivity contribution < 1.29 is 18.9 Å². The Morgan fingerprint density at radius 2 is 1.86 bits per heavy atom. The standard InChI is InChI=1S/C23H26ClN7O4/c1-13-19-21(27-23(24)28-22(19)31(29-13)18-7-5-6-8-35-18)26-17-11-30(12-25-17)14-9-15(32-2)20(34-4)16(10-14)33-3/h9-12,18H,5-8H2,1-4H3,(H,26,27,28). The van der Waals surface area contributed by atoms with Crippen molar-refractivity contribution in [2.75, 3.05) is 33.3 Å². The maximum Gasteiger partial charge on any atom is 0.226 e. The van der Waals surface area contributed by atoms with Crippen LogP contribution in [-0.4, -0.2) is 57.2 Å². The molecule has 1 unspecified atom stereocenters. The smallest absolute Gasteiger partial charge is 0.226 e. The molecule has 11 nitrogen and oxygen atoms in total. The number of halogens is 1. The number of benzene rings is 1. The van der Waals surface area contributed by atoms with Crippen LogP contribution in [0.25, 0.3) is 16.7 Å². The van der Waals surface area contributed by atoms with Crippen LogP contribution in [0.2, 0.25) is 5.28 Å². The lowest BCUT2D eigenvalue weighted by Crippen LogP contribution is -2.19. The van der Waals surface area contributed by atoms with Gasteiger partial charge in [0.25, 0.3) is 0 Å². The minimum Gasteiger partial charge on any atom is -0.493 e. The molecular weight excluding hydrogens is 474 g/mol. The van der Waals surface area contributed by atoms with Crippen LogP contribution in [0.4, 0.5) is 11.6 Å². The van der Waals surface area contributed by atoms with Gasteiger partial charge >= 0.3 is 0 Å². The second kappa shape index (κ2) is 9.59. The molecule has 1 saturated heterocycles. The molecule has 0 saturated carbocycles. The summed E-state index contributed by atoms with van der Waals surface area (Å²) >= 11 is 6.30. The topological polar surface area (TPSA) is 110 Å². The molecule has 35 heavy (non-hydrogen) atoms. The number of aromatic nitrogens is 6. The molecule has 4 aromatic rings. The molecule has 1 fully saturated rings. The molecule has 0 aliphatic carbocycles. The van der Waals surface area contributed by atoms with E-state index in [4.69, 9.17) is 30.5 Å². The van der Waals surface area contributed by atoms with E-state index < -0.39 is 0 Å². The van der Waals surface area contributed by atoms with Crippen LogP contribution in [0.3, 0.4) is 0 Å². The molecule has 1 aromatic carbocycles. The molecule has 12 heteroatoms. The first-order chi connectivity index (χ1) is 17.0. The highest BCUT2D eigenvalue weighted by Crippen LogP contribution is 2.39. The zero-order valence-corrected chi connectivity index (χ0v) is 20.7. The Morgan fingerprint density at radius 3 is 2.51 bits per heavy atom. The predicted octanol–water partition coefficient (Wildman–Crippen LogP) is 4.44. The largest absolute Gasteiger partial charge is 0.493 e. The van der Waals surface area contributed by atoms with E-state index in [0.29, 0.717) is 41.1 Å². The Labute approximate surface area is 206 Å². The first-order valence-electron chi connectivity index (χ1n) is 11.2. The van der Waals surface area contributed by atoms with Crippen molar-refractivity contribution in [2.24, 2.45) is 0 Å². The Balaban J connectivity index is 1.49. The van der Waals surface area contributed by atoms with E-state index in [1.807, 2.05) is 29.8 Å². The lowest BCUT2D eigenvalue weighted by molar-refractivity contribution is -0.0371. The average Bonchev–Trinajstić information content (AvgIpc) is 3.47. The highest BCUT2D eigenvalue weighted by molar-refractivity contribution is 6.28. The van der Waals surface area contributed by atoms with Crippen LogP contribution in [0.15, 0.2) is 24.7 Å². The van der Waals surface area contributed by atoms with Crippen molar-refractivity contribution in [2.45, 2.75) is 32.4 Å². The van der Waals surface area contributed by atoms with Gasteiger partial charge in [0.2, 0.25) is 11.0 Å². The molecular formula is C23H26ClN7O4. The van der Waals surface area contributed by atoms with Gasteiger partial charge in [0, 0.05) is 18.7 Å². The lowest BCUT2D eigenvalue weighted by Gasteiger charge is -2.23. The van der Waals surface area contributed by atoms with Crippen molar-refractivity contribution in [3.8, 4) is 22.9 Å². The minimum atomic E-state index is -0.169. The normalized spacial score (nSPS) is 15.9. The van der Waals surface area contributed by atoms with Crippen LogP contribution < -0.4 is 19.5 Å². The fraction of sp³-hybridized carbons (Fsp3) is 0.391. The van der Waals surface area contributed by atoms with Crippen LogP contribution >= 0.6 is 11.6 Å². The van der Waals surface area contributed by atoms with Crippen molar-refractivity contribution in [3.05, 3.63) is 35.6 Å². The summed E-state index contributed by atoms with van der Waals surface area (Å²) < 4.78 is 25.9. The van der Waals surface area contributed by atoms with E-state index in [-0.39, 0.29) is 11.5 Å². The number of ether oxygens (including phenoxy) is 4. The van der Waals surface area contributed by atoms with Crippen molar-refractivity contribution in [1.29, 1.82) is 0 Å². The summed E-state index contributed by atoms with van der Waals surface area (Å²) in [5.74, 6) is 2.69. The van der Waals surface area contributed by atoms with Crippen molar-refractivity contribution in [3.63, 3.8) is 0 Å². The molecule has 0 spiro atoms. The van der Waals surface area contributed by atoms with Gasteiger partial charge in [0.15, 0.2) is 23.4 Å². The van der Waals surface area contributed by atoms with Crippen LogP contribution in [0, 0.1) is 6.92 Å². The summed E-state index contributed by atoms with van der Waals surface area (Å²) in [5.41, 5.74) is 2.18. The number of nitrogens with zero attached hydrogens (tertiary/aromatic N) is 6. The second-order valence-electron chi connectivity index (χ2n) is 8.07. The van der Waals surface area contributed by atoms with Gasteiger partial charge in [-0.05, 0) is 37.8 Å². The van der Waals surface area contributed by atoms with Gasteiger partial charge in [-0.3, -0.25) is 0 Å². The Bertz CT molecular complexity index is 1340. The number of rotatable bonds is 7. The molecule has 0 bridgehead atoms. The molecule has 1 aliphatic heterocycles. The van der Waals surface area contributed by atoms with Gasteiger partial charge in [0.05, 0.1) is 44.3 Å². The van der Waals surface area contributed by atoms with E-state index in [1.54, 1.807) is 32.3 Å². The third kappa shape index (κ3) is 4.32. The van der Waals surface area contributed by atoms with Gasteiger partial charge < -0.3 is 28.8 Å². The summed E-state index contributed by atoms with van der Waals surface area (Å²) in [6, 6.07) is 3.68. The van der Waals surface area contributed by atoms with Crippen LogP contribution in [0.1, 0.15) is 31.2 Å². The number of imidazole rings is 1. The minimum absolute atomic E-state index is 0.112. The molecule has 1 N–H and O–H groups in total. The number of methoxy groups -OCH3 is 3. The molecule has 0 radical (unpaired) electrons. The van der Waals surface area contributed by atoms with Crippen LogP contribution in [0.5, 0.6) is 17.2 Å². The Kier molecular flexibility index (Phi) is 6.35. The number of fused-ring (bicyclic) bond motifs is 1. The summed E-state index contributed by atoms with van der Waals surface area (Å²) in [5, 5.41) is 8.84. The SMILES string of the molecule is COc1cc(-n2cnc(Nc3nc(Cl)nc4c3c(C)nn4C3CCCCO3)c2)cc(OC)c1OC. The quantitative estimate of drug-likeness (QED) is 0.369. The zero-order valence-electron chi connectivity index (χ0n) is 19.9. The molecule has 184 valence electrons. The number of hydrogen-bond acceptors (Lipinski definition) is 9. The van der Waals surface area contributed by atoms with Gasteiger partial charge in [-0.15, -0.1) is 0 Å². The van der Waals surface area contributed by atoms with Gasteiger partial charge in [-0.25, -0.2) is 9.67 Å². The van der Waals surface area contributed by atoms with E-state index >= 15 is 0 Å². The third-order valence-electron chi connectivity index (χ3n) is 5.90. The fourth-order valence-electron chi connectivity index (χ4n) is 4.25. The lowest BCUT2D eigenvalue weighted by atomic mass is 10.2. The first-order valence-corrected chi connectivity index (χ1v) is 11.6. The molecule has 1 aliphatic rings. The average molecular weight is 500 g/mol. The van der Waals surface area contributed by atoms with Crippen molar-refractivity contribution >= 4 is 34.3 Å². The van der Waals surface area contributed by atoms with E-state index in [0.717, 1.165) is 36.0 Å². The van der Waals surface area contributed by atoms with E-state index in [9.17, 15) is 0 Å².